The van der Waals surface area contributed by atoms with Gasteiger partial charge in [0, 0.05) is 9.86 Å². The predicted octanol–water partition coefficient (Wildman–Crippen LogP) is 3.90. The van der Waals surface area contributed by atoms with Crippen LogP contribution in [0, 0.1) is 0 Å². The number of hydrogen-bond donors (Lipinski definition) is 1. The van der Waals surface area contributed by atoms with Crippen LogP contribution in [0.3, 0.4) is 0 Å². The third kappa shape index (κ3) is 2.92. The number of fused-ring (bicyclic) bond motifs is 3. The summed E-state index contributed by atoms with van der Waals surface area (Å²) in [6.45, 7) is 0. The van der Waals surface area contributed by atoms with Crippen LogP contribution in [0.1, 0.15) is 0 Å². The number of hydrogen-bond acceptors (Lipinski definition) is 4. The van der Waals surface area contributed by atoms with Gasteiger partial charge in [0.05, 0.1) is 11.1 Å². The molecule has 0 radical (unpaired) electrons. The Balaban J connectivity index is 1.97. The number of para-hydroxylation sites is 1. The number of nitrogens with zero attached hydrogens (tertiary/aromatic N) is 3. The van der Waals surface area contributed by atoms with Crippen molar-refractivity contribution < 1.29 is 17.9 Å². The Labute approximate surface area is 151 Å². The standard InChI is InChI=1S/C16H8BrF3N4O2/c17-8-5-6-10(12(7-8)26-16(18,19)20)13-22-14-9-3-1-2-4-11(9)21-15(25)24(14)23-13/h1-7H,(H,21,25). The first-order valence-electron chi connectivity index (χ1n) is 7.25. The third-order valence-corrected chi connectivity index (χ3v) is 4.11. The Morgan fingerprint density at radius 1 is 1.15 bits per heavy atom. The van der Waals surface area contributed by atoms with Gasteiger partial charge >= 0.3 is 12.1 Å². The van der Waals surface area contributed by atoms with Crippen molar-refractivity contribution in [2.45, 2.75) is 6.36 Å². The van der Waals surface area contributed by atoms with Crippen molar-refractivity contribution in [3.05, 3.63) is 57.4 Å². The second kappa shape index (κ2) is 5.84. The van der Waals surface area contributed by atoms with E-state index in [-0.39, 0.29) is 17.0 Å². The van der Waals surface area contributed by atoms with Crippen molar-refractivity contribution >= 4 is 32.5 Å². The SMILES string of the molecule is O=c1[nH]c2ccccc2c2nc(-c3ccc(Br)cc3OC(F)(F)F)nn12. The fourth-order valence-corrected chi connectivity index (χ4v) is 2.93. The Morgan fingerprint density at radius 3 is 2.69 bits per heavy atom. The largest absolute Gasteiger partial charge is 0.573 e. The summed E-state index contributed by atoms with van der Waals surface area (Å²) < 4.78 is 43.6. The van der Waals surface area contributed by atoms with Crippen LogP contribution in [0.5, 0.6) is 5.75 Å². The van der Waals surface area contributed by atoms with Gasteiger partial charge in [0.25, 0.3) is 0 Å². The van der Waals surface area contributed by atoms with Gasteiger partial charge in [-0.2, -0.15) is 4.52 Å². The van der Waals surface area contributed by atoms with Crippen LogP contribution >= 0.6 is 15.9 Å². The number of aromatic nitrogens is 4. The average molecular weight is 425 g/mol. The zero-order chi connectivity index (χ0) is 18.5. The zero-order valence-corrected chi connectivity index (χ0v) is 14.3. The second-order valence-electron chi connectivity index (χ2n) is 5.33. The maximum atomic E-state index is 12.7. The van der Waals surface area contributed by atoms with Gasteiger partial charge in [0.2, 0.25) is 0 Å². The summed E-state index contributed by atoms with van der Waals surface area (Å²) in [5.41, 5.74) is 0.248. The fraction of sp³-hybridized carbons (Fsp3) is 0.0625. The number of alkyl halides is 3. The molecule has 4 rings (SSSR count). The van der Waals surface area contributed by atoms with Crippen molar-refractivity contribution in [1.29, 1.82) is 0 Å². The van der Waals surface area contributed by atoms with E-state index in [2.05, 4.69) is 35.7 Å². The first-order chi connectivity index (χ1) is 12.3. The number of rotatable bonds is 2. The quantitative estimate of drug-likeness (QED) is 0.529. The smallest absolute Gasteiger partial charge is 0.405 e. The van der Waals surface area contributed by atoms with Gasteiger partial charge in [-0.3, -0.25) is 0 Å². The van der Waals surface area contributed by atoms with E-state index < -0.39 is 17.8 Å². The van der Waals surface area contributed by atoms with Crippen LogP contribution in [0.4, 0.5) is 13.2 Å². The van der Waals surface area contributed by atoms with E-state index in [4.69, 9.17) is 0 Å². The molecule has 0 saturated carbocycles. The maximum absolute atomic E-state index is 12.7. The number of nitrogens with one attached hydrogen (secondary N) is 1. The number of ether oxygens (including phenoxy) is 1. The van der Waals surface area contributed by atoms with Crippen molar-refractivity contribution in [2.24, 2.45) is 0 Å². The van der Waals surface area contributed by atoms with Gasteiger partial charge in [-0.25, -0.2) is 9.78 Å². The van der Waals surface area contributed by atoms with Crippen LogP contribution < -0.4 is 10.4 Å². The highest BCUT2D eigenvalue weighted by molar-refractivity contribution is 9.10. The first-order valence-corrected chi connectivity index (χ1v) is 8.04. The lowest BCUT2D eigenvalue weighted by Gasteiger charge is -2.11. The van der Waals surface area contributed by atoms with E-state index in [0.29, 0.717) is 15.4 Å². The fourth-order valence-electron chi connectivity index (χ4n) is 2.59. The summed E-state index contributed by atoms with van der Waals surface area (Å²) in [7, 11) is 0. The van der Waals surface area contributed by atoms with Gasteiger partial charge in [-0.15, -0.1) is 18.3 Å². The Morgan fingerprint density at radius 2 is 1.92 bits per heavy atom. The monoisotopic (exact) mass is 424 g/mol. The minimum atomic E-state index is -4.88. The van der Waals surface area contributed by atoms with Gasteiger partial charge in [0.1, 0.15) is 5.75 Å². The Bertz CT molecular complexity index is 1200. The molecule has 0 aliphatic rings. The van der Waals surface area contributed by atoms with Crippen molar-refractivity contribution in [3.8, 4) is 17.1 Å². The summed E-state index contributed by atoms with van der Waals surface area (Å²) in [6.07, 6.45) is -4.88. The van der Waals surface area contributed by atoms with Crippen molar-refractivity contribution in [1.82, 2.24) is 19.6 Å². The van der Waals surface area contributed by atoms with Crippen LogP contribution in [-0.2, 0) is 0 Å². The first kappa shape index (κ1) is 16.6. The summed E-state index contributed by atoms with van der Waals surface area (Å²) in [4.78, 5) is 19.1. The van der Waals surface area contributed by atoms with E-state index in [1.807, 2.05) is 0 Å². The van der Waals surface area contributed by atoms with E-state index in [1.165, 1.54) is 12.1 Å². The van der Waals surface area contributed by atoms with Crippen molar-refractivity contribution in [3.63, 3.8) is 0 Å². The number of halogens is 4. The molecule has 0 fully saturated rings. The van der Waals surface area contributed by atoms with E-state index in [9.17, 15) is 18.0 Å². The van der Waals surface area contributed by atoms with E-state index >= 15 is 0 Å². The highest BCUT2D eigenvalue weighted by atomic mass is 79.9. The molecule has 4 aromatic rings. The van der Waals surface area contributed by atoms with Gasteiger partial charge in [-0.05, 0) is 30.3 Å². The number of aromatic amines is 1. The number of H-pyrrole nitrogens is 1. The minimum Gasteiger partial charge on any atom is -0.405 e. The average Bonchev–Trinajstić information content (AvgIpc) is 2.99. The Kier molecular flexibility index (Phi) is 3.72. The molecule has 2 aromatic carbocycles. The highest BCUT2D eigenvalue weighted by Crippen LogP contribution is 2.35. The molecule has 2 aromatic heterocycles. The summed E-state index contributed by atoms with van der Waals surface area (Å²) >= 11 is 3.11. The Hall–Kier alpha value is -2.88. The molecule has 10 heteroatoms. The summed E-state index contributed by atoms with van der Waals surface area (Å²) in [5, 5.41) is 4.66. The summed E-state index contributed by atoms with van der Waals surface area (Å²) in [5.74, 6) is -0.526. The molecule has 0 aliphatic carbocycles. The number of benzene rings is 2. The van der Waals surface area contributed by atoms with E-state index in [1.54, 1.807) is 24.3 Å². The topological polar surface area (TPSA) is 72.3 Å². The van der Waals surface area contributed by atoms with Gasteiger partial charge < -0.3 is 9.72 Å². The highest BCUT2D eigenvalue weighted by Gasteiger charge is 2.33. The molecule has 0 aliphatic heterocycles. The molecule has 26 heavy (non-hydrogen) atoms. The van der Waals surface area contributed by atoms with Crippen LogP contribution in [0.2, 0.25) is 0 Å². The van der Waals surface area contributed by atoms with Gasteiger partial charge in [-0.1, -0.05) is 28.1 Å². The van der Waals surface area contributed by atoms with Crippen LogP contribution in [-0.4, -0.2) is 25.9 Å². The molecule has 132 valence electrons. The summed E-state index contributed by atoms with van der Waals surface area (Å²) in [6, 6.07) is 11.0. The lowest BCUT2D eigenvalue weighted by molar-refractivity contribution is -0.274. The van der Waals surface area contributed by atoms with E-state index in [0.717, 1.165) is 10.6 Å². The van der Waals surface area contributed by atoms with Gasteiger partial charge in [0.15, 0.2) is 11.5 Å². The van der Waals surface area contributed by atoms with Crippen LogP contribution in [0.15, 0.2) is 51.7 Å². The minimum absolute atomic E-state index is 0.0118. The molecular weight excluding hydrogens is 417 g/mol. The molecule has 0 atom stereocenters. The molecule has 1 N–H and O–H groups in total. The van der Waals surface area contributed by atoms with Crippen molar-refractivity contribution in [2.75, 3.05) is 0 Å². The van der Waals surface area contributed by atoms with Crippen LogP contribution in [0.25, 0.3) is 27.9 Å². The molecular formula is C16H8BrF3N4O2. The molecule has 0 saturated heterocycles. The lowest BCUT2D eigenvalue weighted by Crippen LogP contribution is -2.18. The lowest BCUT2D eigenvalue weighted by atomic mass is 10.2. The molecule has 0 unspecified atom stereocenters. The normalized spacial score (nSPS) is 12.0. The predicted molar refractivity (Wildman–Crippen MR) is 90.9 cm³/mol. The molecule has 0 bridgehead atoms. The molecule has 0 amide bonds. The molecule has 0 spiro atoms. The molecule has 6 nitrogen and oxygen atoms in total. The second-order valence-corrected chi connectivity index (χ2v) is 6.25. The zero-order valence-electron chi connectivity index (χ0n) is 12.7. The maximum Gasteiger partial charge on any atom is 0.573 e. The third-order valence-electron chi connectivity index (χ3n) is 3.62. The molecule has 2 heterocycles.